The van der Waals surface area contributed by atoms with Gasteiger partial charge in [0.2, 0.25) is 0 Å². The van der Waals surface area contributed by atoms with Crippen molar-refractivity contribution < 1.29 is 0 Å². The van der Waals surface area contributed by atoms with Crippen molar-refractivity contribution >= 4 is 11.8 Å². The minimum atomic E-state index is 0.597. The molecule has 0 bridgehead atoms. The van der Waals surface area contributed by atoms with Crippen LogP contribution in [0, 0.1) is 0 Å². The van der Waals surface area contributed by atoms with Crippen molar-refractivity contribution in [2.75, 3.05) is 11.5 Å². The van der Waals surface area contributed by atoms with E-state index in [4.69, 9.17) is 0 Å². The highest BCUT2D eigenvalue weighted by atomic mass is 32.2. The van der Waals surface area contributed by atoms with Crippen LogP contribution in [0.1, 0.15) is 32.8 Å². The average Bonchev–Trinajstić information content (AvgIpc) is 2.72. The SMILES string of the molecule is CCCn1ccc(CNC(C)CSCC)c1. The lowest BCUT2D eigenvalue weighted by Gasteiger charge is -2.11. The van der Waals surface area contributed by atoms with E-state index < -0.39 is 0 Å². The fourth-order valence-corrected chi connectivity index (χ4v) is 2.35. The summed E-state index contributed by atoms with van der Waals surface area (Å²) < 4.78 is 2.27. The van der Waals surface area contributed by atoms with E-state index in [-0.39, 0.29) is 0 Å². The lowest BCUT2D eigenvalue weighted by molar-refractivity contribution is 0.594. The molecule has 0 aliphatic rings. The quantitative estimate of drug-likeness (QED) is 0.752. The Morgan fingerprint density at radius 2 is 2.25 bits per heavy atom. The van der Waals surface area contributed by atoms with E-state index in [0.717, 1.165) is 13.1 Å². The molecular formula is C13H24N2S. The molecule has 3 heteroatoms. The molecule has 92 valence electrons. The highest BCUT2D eigenvalue weighted by Crippen LogP contribution is 2.05. The van der Waals surface area contributed by atoms with Gasteiger partial charge in [0.25, 0.3) is 0 Å². The van der Waals surface area contributed by atoms with Gasteiger partial charge in [0.05, 0.1) is 0 Å². The van der Waals surface area contributed by atoms with Gasteiger partial charge in [-0.2, -0.15) is 11.8 Å². The maximum Gasteiger partial charge on any atom is 0.0223 e. The van der Waals surface area contributed by atoms with Crippen LogP contribution in [0.5, 0.6) is 0 Å². The minimum absolute atomic E-state index is 0.597. The van der Waals surface area contributed by atoms with E-state index in [1.165, 1.54) is 23.5 Å². The molecule has 1 atom stereocenters. The van der Waals surface area contributed by atoms with Gasteiger partial charge >= 0.3 is 0 Å². The van der Waals surface area contributed by atoms with Crippen LogP contribution in [0.25, 0.3) is 0 Å². The zero-order chi connectivity index (χ0) is 11.8. The van der Waals surface area contributed by atoms with Gasteiger partial charge in [-0.15, -0.1) is 0 Å². The normalized spacial score (nSPS) is 12.9. The Labute approximate surface area is 104 Å². The van der Waals surface area contributed by atoms with E-state index in [0.29, 0.717) is 6.04 Å². The van der Waals surface area contributed by atoms with Gasteiger partial charge < -0.3 is 9.88 Å². The van der Waals surface area contributed by atoms with Crippen molar-refractivity contribution in [1.82, 2.24) is 9.88 Å². The molecule has 0 radical (unpaired) electrons. The minimum Gasteiger partial charge on any atom is -0.354 e. The van der Waals surface area contributed by atoms with Gasteiger partial charge in [0.15, 0.2) is 0 Å². The van der Waals surface area contributed by atoms with Crippen LogP contribution in [0.3, 0.4) is 0 Å². The van der Waals surface area contributed by atoms with Crippen molar-refractivity contribution in [1.29, 1.82) is 0 Å². The molecule has 0 aliphatic heterocycles. The van der Waals surface area contributed by atoms with Crippen molar-refractivity contribution in [3.63, 3.8) is 0 Å². The number of rotatable bonds is 8. The lowest BCUT2D eigenvalue weighted by Crippen LogP contribution is -2.27. The number of nitrogens with zero attached hydrogens (tertiary/aromatic N) is 1. The maximum absolute atomic E-state index is 3.55. The van der Waals surface area contributed by atoms with Crippen LogP contribution in [-0.4, -0.2) is 22.1 Å². The fraction of sp³-hybridized carbons (Fsp3) is 0.692. The van der Waals surface area contributed by atoms with Crippen molar-refractivity contribution in [2.45, 2.75) is 46.3 Å². The fourth-order valence-electron chi connectivity index (χ4n) is 1.64. The molecule has 0 saturated carbocycles. The van der Waals surface area contributed by atoms with Crippen LogP contribution in [0.2, 0.25) is 0 Å². The molecule has 0 saturated heterocycles. The van der Waals surface area contributed by atoms with Gasteiger partial charge in [-0.05, 0) is 30.7 Å². The highest BCUT2D eigenvalue weighted by Gasteiger charge is 2.02. The molecule has 2 nitrogen and oxygen atoms in total. The summed E-state index contributed by atoms with van der Waals surface area (Å²) in [7, 11) is 0. The van der Waals surface area contributed by atoms with E-state index in [1.54, 1.807) is 0 Å². The summed E-state index contributed by atoms with van der Waals surface area (Å²) in [6, 6.07) is 2.81. The zero-order valence-electron chi connectivity index (χ0n) is 10.7. The van der Waals surface area contributed by atoms with Crippen LogP contribution >= 0.6 is 11.8 Å². The Morgan fingerprint density at radius 1 is 1.44 bits per heavy atom. The molecule has 1 heterocycles. The van der Waals surface area contributed by atoms with E-state index in [9.17, 15) is 0 Å². The molecule has 0 aromatic carbocycles. The number of thioether (sulfide) groups is 1. The largest absolute Gasteiger partial charge is 0.354 e. The van der Waals surface area contributed by atoms with Gasteiger partial charge in [-0.25, -0.2) is 0 Å². The molecule has 0 aliphatic carbocycles. The second-order valence-electron chi connectivity index (χ2n) is 4.20. The van der Waals surface area contributed by atoms with Gasteiger partial charge in [0.1, 0.15) is 0 Å². The first kappa shape index (κ1) is 13.7. The molecule has 1 aromatic heterocycles. The van der Waals surface area contributed by atoms with Gasteiger partial charge in [0, 0.05) is 37.3 Å². The number of hydrogen-bond acceptors (Lipinski definition) is 2. The molecule has 1 rings (SSSR count). The van der Waals surface area contributed by atoms with Gasteiger partial charge in [-0.3, -0.25) is 0 Å². The van der Waals surface area contributed by atoms with E-state index in [1.807, 2.05) is 11.8 Å². The predicted octanol–water partition coefficient (Wildman–Crippen LogP) is 3.13. The zero-order valence-corrected chi connectivity index (χ0v) is 11.5. The number of nitrogens with one attached hydrogen (secondary N) is 1. The second-order valence-corrected chi connectivity index (χ2v) is 5.52. The summed E-state index contributed by atoms with van der Waals surface area (Å²) in [6.45, 7) is 8.79. The molecule has 0 fully saturated rings. The third-order valence-corrected chi connectivity index (χ3v) is 3.66. The first-order valence-electron chi connectivity index (χ1n) is 6.22. The Hall–Kier alpha value is -0.410. The molecule has 1 aromatic rings. The van der Waals surface area contributed by atoms with Gasteiger partial charge in [-0.1, -0.05) is 13.8 Å². The first-order valence-corrected chi connectivity index (χ1v) is 7.37. The molecule has 0 amide bonds. The third-order valence-electron chi connectivity index (χ3n) is 2.52. The van der Waals surface area contributed by atoms with Crippen LogP contribution < -0.4 is 5.32 Å². The number of aryl methyl sites for hydroxylation is 1. The summed E-state index contributed by atoms with van der Waals surface area (Å²) in [6.07, 6.45) is 5.62. The topological polar surface area (TPSA) is 17.0 Å². The van der Waals surface area contributed by atoms with E-state index >= 15 is 0 Å². The third kappa shape index (κ3) is 5.08. The summed E-state index contributed by atoms with van der Waals surface area (Å²) in [5.41, 5.74) is 1.39. The average molecular weight is 240 g/mol. The lowest BCUT2D eigenvalue weighted by atomic mass is 10.3. The summed E-state index contributed by atoms with van der Waals surface area (Å²) in [5.74, 6) is 2.41. The van der Waals surface area contributed by atoms with E-state index in [2.05, 4.69) is 49.1 Å². The van der Waals surface area contributed by atoms with Crippen molar-refractivity contribution in [3.05, 3.63) is 24.0 Å². The molecule has 1 N–H and O–H groups in total. The Morgan fingerprint density at radius 3 is 2.94 bits per heavy atom. The first-order chi connectivity index (χ1) is 7.76. The molecule has 1 unspecified atom stereocenters. The second kappa shape index (κ2) is 7.80. The Bertz CT molecular complexity index is 283. The molecular weight excluding hydrogens is 216 g/mol. The predicted molar refractivity (Wildman–Crippen MR) is 74.0 cm³/mol. The summed E-state index contributed by atoms with van der Waals surface area (Å²) >= 11 is 2.00. The number of hydrogen-bond donors (Lipinski definition) is 1. The maximum atomic E-state index is 3.55. The highest BCUT2D eigenvalue weighted by molar-refractivity contribution is 7.99. The Balaban J connectivity index is 2.25. The smallest absolute Gasteiger partial charge is 0.0223 e. The van der Waals surface area contributed by atoms with Crippen molar-refractivity contribution in [2.24, 2.45) is 0 Å². The van der Waals surface area contributed by atoms with Crippen molar-refractivity contribution in [3.8, 4) is 0 Å². The monoisotopic (exact) mass is 240 g/mol. The molecule has 0 spiro atoms. The van der Waals surface area contributed by atoms with Crippen LogP contribution in [-0.2, 0) is 13.1 Å². The summed E-state index contributed by atoms with van der Waals surface area (Å²) in [4.78, 5) is 0. The standard InChI is InChI=1S/C13H24N2S/c1-4-7-15-8-6-13(10-15)9-14-12(3)11-16-5-2/h6,8,10,12,14H,4-5,7,9,11H2,1-3H3. The summed E-state index contributed by atoms with van der Waals surface area (Å²) in [5, 5.41) is 3.55. The molecule has 16 heavy (non-hydrogen) atoms. The number of aromatic nitrogens is 1. The Kier molecular flexibility index (Phi) is 6.65. The van der Waals surface area contributed by atoms with Crippen LogP contribution in [0.4, 0.5) is 0 Å². The van der Waals surface area contributed by atoms with Crippen LogP contribution in [0.15, 0.2) is 18.5 Å².